The number of anilines is 1. The summed E-state index contributed by atoms with van der Waals surface area (Å²) in [5.74, 6) is -0.476. The molecule has 0 aliphatic heterocycles. The Hall–Kier alpha value is -2.97. The summed E-state index contributed by atoms with van der Waals surface area (Å²) >= 11 is 0. The highest BCUT2D eigenvalue weighted by molar-refractivity contribution is 5.91. The third-order valence-electron chi connectivity index (χ3n) is 2.76. The predicted molar refractivity (Wildman–Crippen MR) is 81.8 cm³/mol. The van der Waals surface area contributed by atoms with Crippen LogP contribution in [0, 0.1) is 0 Å². The molecule has 0 saturated carbocycles. The molecule has 1 amide bonds. The van der Waals surface area contributed by atoms with Gasteiger partial charge in [-0.15, -0.1) is 0 Å². The summed E-state index contributed by atoms with van der Waals surface area (Å²) in [5, 5.41) is 5.20. The Balaban J connectivity index is 1.75. The van der Waals surface area contributed by atoms with Gasteiger partial charge in [0.05, 0.1) is 0 Å². The zero-order chi connectivity index (χ0) is 17.4. The van der Waals surface area contributed by atoms with Gasteiger partial charge in [0.1, 0.15) is 5.69 Å². The largest absolute Gasteiger partial charge is 0.433 e. The van der Waals surface area contributed by atoms with Crippen molar-refractivity contribution >= 4 is 17.9 Å². The van der Waals surface area contributed by atoms with E-state index >= 15 is 0 Å². The Morgan fingerprint density at radius 3 is 2.75 bits per heavy atom. The lowest BCUT2D eigenvalue weighted by Gasteiger charge is -2.08. The number of nitrogens with one attached hydrogen (secondary N) is 2. The van der Waals surface area contributed by atoms with E-state index in [0.717, 1.165) is 17.8 Å². The van der Waals surface area contributed by atoms with E-state index in [0.29, 0.717) is 0 Å². The molecule has 2 heterocycles. The van der Waals surface area contributed by atoms with E-state index in [-0.39, 0.29) is 24.9 Å². The van der Waals surface area contributed by atoms with E-state index in [1.54, 1.807) is 30.6 Å². The first-order chi connectivity index (χ1) is 11.4. The third kappa shape index (κ3) is 5.67. The summed E-state index contributed by atoms with van der Waals surface area (Å²) < 4.78 is 37.5. The van der Waals surface area contributed by atoms with Crippen LogP contribution in [0.25, 0.3) is 6.08 Å². The number of carbonyl (C=O) groups is 1. The zero-order valence-corrected chi connectivity index (χ0v) is 12.4. The lowest BCUT2D eigenvalue weighted by Crippen LogP contribution is -2.27. The number of amides is 1. The van der Waals surface area contributed by atoms with Gasteiger partial charge in [-0.25, -0.2) is 9.97 Å². The van der Waals surface area contributed by atoms with Crippen molar-refractivity contribution in [3.63, 3.8) is 0 Å². The molecule has 9 heteroatoms. The number of hydrogen-bond acceptors (Lipinski definition) is 5. The highest BCUT2D eigenvalue weighted by Gasteiger charge is 2.32. The van der Waals surface area contributed by atoms with Crippen LogP contribution in [0.15, 0.2) is 42.9 Å². The Bertz CT molecular complexity index is 704. The topological polar surface area (TPSA) is 79.8 Å². The van der Waals surface area contributed by atoms with Gasteiger partial charge < -0.3 is 10.6 Å². The average Bonchev–Trinajstić information content (AvgIpc) is 2.57. The highest BCUT2D eigenvalue weighted by Crippen LogP contribution is 2.27. The molecule has 0 aliphatic carbocycles. The van der Waals surface area contributed by atoms with Crippen LogP contribution in [-0.2, 0) is 11.0 Å². The molecule has 2 rings (SSSR count). The number of carbonyl (C=O) groups excluding carboxylic acids is 1. The minimum absolute atomic E-state index is 0.148. The predicted octanol–water partition coefficient (Wildman–Crippen LogP) is 2.13. The monoisotopic (exact) mass is 337 g/mol. The second kappa shape index (κ2) is 8.04. The first-order valence-corrected chi connectivity index (χ1v) is 6.95. The maximum absolute atomic E-state index is 12.5. The molecule has 2 N–H and O–H groups in total. The SMILES string of the molecule is O=C(/C=C/c1cccnc1)NCCNc1nccc(C(F)(F)F)n1. The van der Waals surface area contributed by atoms with Gasteiger partial charge in [0.15, 0.2) is 0 Å². The Morgan fingerprint density at radius 2 is 2.04 bits per heavy atom. The molecule has 0 atom stereocenters. The van der Waals surface area contributed by atoms with Crippen LogP contribution in [0.4, 0.5) is 19.1 Å². The van der Waals surface area contributed by atoms with Crippen molar-refractivity contribution in [2.45, 2.75) is 6.18 Å². The van der Waals surface area contributed by atoms with Crippen molar-refractivity contribution in [2.75, 3.05) is 18.4 Å². The molecule has 126 valence electrons. The van der Waals surface area contributed by atoms with Crippen LogP contribution >= 0.6 is 0 Å². The van der Waals surface area contributed by atoms with Crippen LogP contribution in [0.1, 0.15) is 11.3 Å². The standard InChI is InChI=1S/C15H14F3N5O/c16-15(17,18)12-5-7-21-14(23-12)22-9-8-20-13(24)4-3-11-2-1-6-19-10-11/h1-7,10H,8-9H2,(H,20,24)(H,21,22,23)/b4-3+. The summed E-state index contributed by atoms with van der Waals surface area (Å²) in [6.07, 6.45) is 2.68. The van der Waals surface area contributed by atoms with Gasteiger partial charge >= 0.3 is 6.18 Å². The fourth-order valence-corrected chi connectivity index (χ4v) is 1.67. The lowest BCUT2D eigenvalue weighted by atomic mass is 10.2. The number of alkyl halides is 3. The Labute approximate surface area is 135 Å². The normalized spacial score (nSPS) is 11.5. The fraction of sp³-hybridized carbons (Fsp3) is 0.200. The smallest absolute Gasteiger partial charge is 0.352 e. The number of nitrogens with zero attached hydrogens (tertiary/aromatic N) is 3. The average molecular weight is 337 g/mol. The number of pyridine rings is 1. The summed E-state index contributed by atoms with van der Waals surface area (Å²) in [6.45, 7) is 0.392. The van der Waals surface area contributed by atoms with Crippen molar-refractivity contribution in [3.8, 4) is 0 Å². The van der Waals surface area contributed by atoms with Gasteiger partial charge in [0.2, 0.25) is 11.9 Å². The minimum atomic E-state index is -4.52. The van der Waals surface area contributed by atoms with Gasteiger partial charge in [0, 0.05) is 37.8 Å². The molecule has 2 aromatic heterocycles. The van der Waals surface area contributed by atoms with Gasteiger partial charge in [-0.1, -0.05) is 6.07 Å². The van der Waals surface area contributed by atoms with Crippen LogP contribution in [0.2, 0.25) is 0 Å². The first-order valence-electron chi connectivity index (χ1n) is 6.95. The molecule has 0 saturated heterocycles. The number of halogens is 3. The van der Waals surface area contributed by atoms with E-state index in [9.17, 15) is 18.0 Å². The Kier molecular flexibility index (Phi) is 5.83. The summed E-state index contributed by atoms with van der Waals surface area (Å²) in [7, 11) is 0. The van der Waals surface area contributed by atoms with E-state index < -0.39 is 11.9 Å². The first kappa shape index (κ1) is 17.4. The number of rotatable bonds is 6. The molecule has 0 radical (unpaired) electrons. The van der Waals surface area contributed by atoms with Gasteiger partial charge in [-0.2, -0.15) is 13.2 Å². The van der Waals surface area contributed by atoms with Gasteiger partial charge in [-0.3, -0.25) is 9.78 Å². The van der Waals surface area contributed by atoms with E-state index in [4.69, 9.17) is 0 Å². The summed E-state index contributed by atoms with van der Waals surface area (Å²) in [5.41, 5.74) is -0.244. The highest BCUT2D eigenvalue weighted by atomic mass is 19.4. The van der Waals surface area contributed by atoms with Crippen LogP contribution in [0.3, 0.4) is 0 Å². The number of aromatic nitrogens is 3. The second-order valence-electron chi connectivity index (χ2n) is 4.60. The molecule has 24 heavy (non-hydrogen) atoms. The van der Waals surface area contributed by atoms with E-state index in [2.05, 4.69) is 25.6 Å². The van der Waals surface area contributed by atoms with Crippen molar-refractivity contribution in [2.24, 2.45) is 0 Å². The van der Waals surface area contributed by atoms with Crippen molar-refractivity contribution < 1.29 is 18.0 Å². The quantitative estimate of drug-likeness (QED) is 0.624. The van der Waals surface area contributed by atoms with Crippen molar-refractivity contribution in [3.05, 3.63) is 54.1 Å². The third-order valence-corrected chi connectivity index (χ3v) is 2.76. The molecular weight excluding hydrogens is 323 g/mol. The van der Waals surface area contributed by atoms with Crippen molar-refractivity contribution in [1.82, 2.24) is 20.3 Å². The molecule has 0 bridgehead atoms. The lowest BCUT2D eigenvalue weighted by molar-refractivity contribution is -0.141. The van der Waals surface area contributed by atoms with E-state index in [1.165, 1.54) is 6.08 Å². The van der Waals surface area contributed by atoms with Crippen LogP contribution < -0.4 is 10.6 Å². The Morgan fingerprint density at radius 1 is 1.21 bits per heavy atom. The maximum Gasteiger partial charge on any atom is 0.433 e. The molecule has 0 fully saturated rings. The molecule has 2 aromatic rings. The van der Waals surface area contributed by atoms with E-state index in [1.807, 2.05) is 0 Å². The fourth-order valence-electron chi connectivity index (χ4n) is 1.67. The molecule has 0 spiro atoms. The van der Waals surface area contributed by atoms with Crippen LogP contribution in [0.5, 0.6) is 0 Å². The molecule has 0 aromatic carbocycles. The molecule has 6 nitrogen and oxygen atoms in total. The van der Waals surface area contributed by atoms with Crippen molar-refractivity contribution in [1.29, 1.82) is 0 Å². The van der Waals surface area contributed by atoms with Crippen LogP contribution in [-0.4, -0.2) is 33.9 Å². The molecule has 0 unspecified atom stereocenters. The summed E-state index contributed by atoms with van der Waals surface area (Å²) in [6, 6.07) is 4.33. The number of hydrogen-bond donors (Lipinski definition) is 2. The molecule has 0 aliphatic rings. The molecular formula is C15H14F3N5O. The second-order valence-corrected chi connectivity index (χ2v) is 4.60. The minimum Gasteiger partial charge on any atom is -0.352 e. The van der Waals surface area contributed by atoms with Gasteiger partial charge in [-0.05, 0) is 23.8 Å². The maximum atomic E-state index is 12.5. The zero-order valence-electron chi connectivity index (χ0n) is 12.4. The van der Waals surface area contributed by atoms with Gasteiger partial charge in [0.25, 0.3) is 0 Å². The summed E-state index contributed by atoms with van der Waals surface area (Å²) in [4.78, 5) is 22.5.